The Balaban J connectivity index is 1.56. The molecule has 1 aliphatic carbocycles. The number of amides is 1. The van der Waals surface area contributed by atoms with Gasteiger partial charge in [-0.25, -0.2) is 9.97 Å². The fraction of sp³-hybridized carbons (Fsp3) is 0.500. The molecule has 0 N–H and O–H groups in total. The van der Waals surface area contributed by atoms with E-state index in [0.717, 1.165) is 50.2 Å². The van der Waals surface area contributed by atoms with Gasteiger partial charge in [-0.3, -0.25) is 4.79 Å². The lowest BCUT2D eigenvalue weighted by Gasteiger charge is -2.40. The predicted octanol–water partition coefficient (Wildman–Crippen LogP) is 2.90. The summed E-state index contributed by atoms with van der Waals surface area (Å²) < 4.78 is 0. The molecule has 1 atom stereocenters. The SMILES string of the molecule is Cc1ncc2c(n1)C1(CCCN(C(=O)Cc3ccsc3)C1)CC2. The predicted molar refractivity (Wildman–Crippen MR) is 90.6 cm³/mol. The molecule has 0 aromatic carbocycles. The molecule has 2 aromatic heterocycles. The van der Waals surface area contributed by atoms with Gasteiger partial charge in [0.1, 0.15) is 5.82 Å². The maximum Gasteiger partial charge on any atom is 0.227 e. The lowest BCUT2D eigenvalue weighted by Crippen LogP contribution is -2.48. The molecule has 3 heterocycles. The summed E-state index contributed by atoms with van der Waals surface area (Å²) >= 11 is 1.65. The van der Waals surface area contributed by atoms with Crippen molar-refractivity contribution in [1.29, 1.82) is 0 Å². The molecule has 2 aliphatic rings. The maximum atomic E-state index is 12.7. The normalized spacial score (nSPS) is 23.3. The van der Waals surface area contributed by atoms with Gasteiger partial charge in [0.05, 0.1) is 12.1 Å². The van der Waals surface area contributed by atoms with Gasteiger partial charge < -0.3 is 4.90 Å². The van der Waals surface area contributed by atoms with E-state index in [0.29, 0.717) is 6.42 Å². The summed E-state index contributed by atoms with van der Waals surface area (Å²) in [5.74, 6) is 1.09. The molecule has 5 heteroatoms. The third-order valence-corrected chi connectivity index (χ3v) is 5.96. The molecular formula is C18H21N3OS. The second-order valence-electron chi connectivity index (χ2n) is 6.80. The molecular weight excluding hydrogens is 306 g/mol. The zero-order valence-electron chi connectivity index (χ0n) is 13.4. The van der Waals surface area contributed by atoms with Crippen molar-refractivity contribution in [3.63, 3.8) is 0 Å². The number of likely N-dealkylation sites (tertiary alicyclic amines) is 1. The van der Waals surface area contributed by atoms with Gasteiger partial charge in [0.25, 0.3) is 0 Å². The van der Waals surface area contributed by atoms with E-state index in [1.807, 2.05) is 24.6 Å². The number of thiophene rings is 1. The van der Waals surface area contributed by atoms with E-state index >= 15 is 0 Å². The second kappa shape index (κ2) is 5.71. The van der Waals surface area contributed by atoms with Crippen LogP contribution in [0.15, 0.2) is 23.0 Å². The molecule has 1 spiro atoms. The molecule has 4 rings (SSSR count). The number of carbonyl (C=O) groups is 1. The lowest BCUT2D eigenvalue weighted by atomic mass is 9.77. The van der Waals surface area contributed by atoms with Gasteiger partial charge in [0, 0.05) is 24.7 Å². The number of hydrogen-bond acceptors (Lipinski definition) is 4. The van der Waals surface area contributed by atoms with Crippen LogP contribution in [0.1, 0.15) is 41.9 Å². The van der Waals surface area contributed by atoms with Gasteiger partial charge in [-0.1, -0.05) is 0 Å². The van der Waals surface area contributed by atoms with E-state index in [4.69, 9.17) is 4.98 Å². The van der Waals surface area contributed by atoms with Crippen molar-refractivity contribution < 1.29 is 4.79 Å². The number of piperidine rings is 1. The summed E-state index contributed by atoms with van der Waals surface area (Å²) in [6.45, 7) is 3.65. The standard InChI is InChI=1S/C18H21N3OS/c1-13-19-10-15-3-6-18(17(15)20-13)5-2-7-21(12-18)16(22)9-14-4-8-23-11-14/h4,8,10-11H,2-3,5-7,9,12H2,1H3. The summed E-state index contributed by atoms with van der Waals surface area (Å²) in [7, 11) is 0. The number of hydrogen-bond donors (Lipinski definition) is 0. The van der Waals surface area contributed by atoms with Crippen molar-refractivity contribution in [2.45, 2.75) is 44.4 Å². The molecule has 2 aromatic rings. The largest absolute Gasteiger partial charge is 0.341 e. The van der Waals surface area contributed by atoms with Crippen LogP contribution in [0, 0.1) is 6.92 Å². The molecule has 0 saturated carbocycles. The third kappa shape index (κ3) is 2.67. The van der Waals surface area contributed by atoms with Gasteiger partial charge in [-0.2, -0.15) is 11.3 Å². The Bertz CT molecular complexity index is 724. The minimum absolute atomic E-state index is 0.0611. The number of carbonyl (C=O) groups excluding carboxylic acids is 1. The van der Waals surface area contributed by atoms with Crippen molar-refractivity contribution in [2.75, 3.05) is 13.1 Å². The number of aromatic nitrogens is 2. The van der Waals surface area contributed by atoms with E-state index in [1.165, 1.54) is 11.3 Å². The van der Waals surface area contributed by atoms with E-state index in [1.54, 1.807) is 11.3 Å². The topological polar surface area (TPSA) is 46.1 Å². The van der Waals surface area contributed by atoms with E-state index in [2.05, 4.69) is 15.3 Å². The highest BCUT2D eigenvalue weighted by Crippen LogP contribution is 2.43. The summed E-state index contributed by atoms with van der Waals surface area (Å²) in [6.07, 6.45) is 6.86. The highest BCUT2D eigenvalue weighted by atomic mass is 32.1. The van der Waals surface area contributed by atoms with Crippen LogP contribution in [-0.4, -0.2) is 33.9 Å². The average Bonchev–Trinajstić information content (AvgIpc) is 3.17. The second-order valence-corrected chi connectivity index (χ2v) is 7.58. The first-order valence-electron chi connectivity index (χ1n) is 8.28. The minimum atomic E-state index is 0.0611. The van der Waals surface area contributed by atoms with Crippen LogP contribution in [0.5, 0.6) is 0 Å². The maximum absolute atomic E-state index is 12.7. The van der Waals surface area contributed by atoms with Crippen molar-refractivity contribution in [3.05, 3.63) is 45.7 Å². The van der Waals surface area contributed by atoms with E-state index < -0.39 is 0 Å². The van der Waals surface area contributed by atoms with Gasteiger partial charge in [0.2, 0.25) is 5.91 Å². The van der Waals surface area contributed by atoms with Crippen molar-refractivity contribution >= 4 is 17.2 Å². The van der Waals surface area contributed by atoms with Crippen LogP contribution < -0.4 is 0 Å². The highest BCUT2D eigenvalue weighted by Gasteiger charge is 2.44. The molecule has 1 unspecified atom stereocenters. The molecule has 1 fully saturated rings. The minimum Gasteiger partial charge on any atom is -0.341 e. The summed E-state index contributed by atoms with van der Waals surface area (Å²) in [4.78, 5) is 23.8. The van der Waals surface area contributed by atoms with Gasteiger partial charge >= 0.3 is 0 Å². The summed E-state index contributed by atoms with van der Waals surface area (Å²) in [5.41, 5.74) is 3.68. The van der Waals surface area contributed by atoms with Crippen LogP contribution in [0.4, 0.5) is 0 Å². The van der Waals surface area contributed by atoms with Gasteiger partial charge in [-0.15, -0.1) is 0 Å². The fourth-order valence-corrected chi connectivity index (χ4v) is 4.72. The Morgan fingerprint density at radius 3 is 3.17 bits per heavy atom. The molecule has 120 valence electrons. The van der Waals surface area contributed by atoms with Gasteiger partial charge in [-0.05, 0) is 60.6 Å². The Hall–Kier alpha value is -1.75. The first-order valence-corrected chi connectivity index (χ1v) is 9.22. The number of rotatable bonds is 2. The van der Waals surface area contributed by atoms with Crippen LogP contribution in [0.3, 0.4) is 0 Å². The zero-order chi connectivity index (χ0) is 15.9. The number of nitrogens with zero attached hydrogens (tertiary/aromatic N) is 3. The molecule has 0 bridgehead atoms. The average molecular weight is 327 g/mol. The Morgan fingerprint density at radius 2 is 2.35 bits per heavy atom. The lowest BCUT2D eigenvalue weighted by molar-refractivity contribution is -0.132. The van der Waals surface area contributed by atoms with E-state index in [-0.39, 0.29) is 11.3 Å². The van der Waals surface area contributed by atoms with Crippen molar-refractivity contribution in [3.8, 4) is 0 Å². The first-order chi connectivity index (χ1) is 11.2. The van der Waals surface area contributed by atoms with Crippen LogP contribution >= 0.6 is 11.3 Å². The Morgan fingerprint density at radius 1 is 1.43 bits per heavy atom. The molecule has 0 radical (unpaired) electrons. The number of aryl methyl sites for hydroxylation is 2. The summed E-state index contributed by atoms with van der Waals surface area (Å²) in [6, 6.07) is 2.05. The van der Waals surface area contributed by atoms with Crippen LogP contribution in [-0.2, 0) is 23.1 Å². The first kappa shape index (κ1) is 14.8. The smallest absolute Gasteiger partial charge is 0.227 e. The molecule has 1 amide bonds. The molecule has 4 nitrogen and oxygen atoms in total. The highest BCUT2D eigenvalue weighted by molar-refractivity contribution is 7.08. The zero-order valence-corrected chi connectivity index (χ0v) is 14.2. The third-order valence-electron chi connectivity index (χ3n) is 5.23. The van der Waals surface area contributed by atoms with Crippen molar-refractivity contribution in [1.82, 2.24) is 14.9 Å². The van der Waals surface area contributed by atoms with Crippen molar-refractivity contribution in [2.24, 2.45) is 0 Å². The quantitative estimate of drug-likeness (QED) is 0.852. The summed E-state index contributed by atoms with van der Waals surface area (Å²) in [5, 5.41) is 4.10. The monoisotopic (exact) mass is 327 g/mol. The van der Waals surface area contributed by atoms with E-state index in [9.17, 15) is 4.79 Å². The van der Waals surface area contributed by atoms with Gasteiger partial charge in [0.15, 0.2) is 0 Å². The molecule has 1 aliphatic heterocycles. The Labute approximate surface area is 140 Å². The molecule has 23 heavy (non-hydrogen) atoms. The van der Waals surface area contributed by atoms with Crippen LogP contribution in [0.25, 0.3) is 0 Å². The van der Waals surface area contributed by atoms with Crippen LogP contribution in [0.2, 0.25) is 0 Å². The Kier molecular flexibility index (Phi) is 3.68. The molecule has 1 saturated heterocycles. The fourth-order valence-electron chi connectivity index (χ4n) is 4.05. The number of fused-ring (bicyclic) bond motifs is 2.